The summed E-state index contributed by atoms with van der Waals surface area (Å²) in [6.45, 7) is 5.19. The number of nitrogens with zero attached hydrogens (tertiary/aromatic N) is 2. The second kappa shape index (κ2) is 9.47. The molecule has 0 spiro atoms. The summed E-state index contributed by atoms with van der Waals surface area (Å²) in [6.07, 6.45) is 1.18. The number of thiazole rings is 1. The van der Waals surface area contributed by atoms with E-state index < -0.39 is 9.84 Å². The van der Waals surface area contributed by atoms with Gasteiger partial charge in [-0.25, -0.2) is 8.42 Å². The lowest BCUT2D eigenvalue weighted by atomic mass is 10.2. The van der Waals surface area contributed by atoms with Gasteiger partial charge in [0.1, 0.15) is 0 Å². The molecule has 2 aromatic carbocycles. The predicted molar refractivity (Wildman–Crippen MR) is 122 cm³/mol. The molecule has 1 amide bonds. The van der Waals surface area contributed by atoms with Crippen LogP contribution in [0, 0.1) is 0 Å². The summed E-state index contributed by atoms with van der Waals surface area (Å²) in [5, 5.41) is 0.464. The molecule has 0 aliphatic rings. The number of amides is 1. The molecule has 0 saturated carbocycles. The standard InChI is InChI=1S/C21H24N2O4S3/c1-14(2)28-16-7-5-15(6-8-16)20(24)22-21-23(11-12-27-3)18-10-9-17(30(4,25)26)13-19(18)29-21/h5-10,13-14H,11-12H2,1-4H3. The molecule has 3 aromatic rings. The van der Waals surface area contributed by atoms with E-state index in [9.17, 15) is 13.2 Å². The van der Waals surface area contributed by atoms with Gasteiger partial charge in [-0.15, -0.1) is 11.8 Å². The molecule has 3 rings (SSSR count). The van der Waals surface area contributed by atoms with Gasteiger partial charge < -0.3 is 9.30 Å². The maximum absolute atomic E-state index is 12.8. The molecule has 0 bridgehead atoms. The number of ether oxygens (including phenoxy) is 1. The summed E-state index contributed by atoms with van der Waals surface area (Å²) in [5.74, 6) is -0.336. The number of carbonyl (C=O) groups is 1. The van der Waals surface area contributed by atoms with Crippen LogP contribution in [-0.4, -0.2) is 44.1 Å². The monoisotopic (exact) mass is 464 g/mol. The van der Waals surface area contributed by atoms with Crippen LogP contribution >= 0.6 is 23.1 Å². The molecule has 0 unspecified atom stereocenters. The van der Waals surface area contributed by atoms with Crippen LogP contribution in [-0.2, 0) is 21.1 Å². The van der Waals surface area contributed by atoms with E-state index in [1.165, 1.54) is 17.6 Å². The molecule has 9 heteroatoms. The number of hydrogen-bond donors (Lipinski definition) is 0. The number of benzene rings is 2. The van der Waals surface area contributed by atoms with Crippen molar-refractivity contribution in [2.75, 3.05) is 20.0 Å². The Bertz CT molecular complexity index is 1220. The molecule has 0 saturated heterocycles. The maximum Gasteiger partial charge on any atom is 0.279 e. The minimum atomic E-state index is -3.32. The van der Waals surface area contributed by atoms with E-state index >= 15 is 0 Å². The summed E-state index contributed by atoms with van der Waals surface area (Å²) in [5.41, 5.74) is 1.33. The smallest absolute Gasteiger partial charge is 0.279 e. The minimum Gasteiger partial charge on any atom is -0.383 e. The van der Waals surface area contributed by atoms with Gasteiger partial charge in [0.05, 0.1) is 21.7 Å². The van der Waals surface area contributed by atoms with Gasteiger partial charge in [-0.3, -0.25) is 4.79 Å². The highest BCUT2D eigenvalue weighted by atomic mass is 32.2. The summed E-state index contributed by atoms with van der Waals surface area (Å²) < 4.78 is 31.6. The Hall–Kier alpha value is -1.94. The first-order valence-electron chi connectivity index (χ1n) is 9.37. The molecular weight excluding hydrogens is 440 g/mol. The Morgan fingerprint density at radius 1 is 1.20 bits per heavy atom. The summed E-state index contributed by atoms with van der Waals surface area (Å²) in [4.78, 5) is 19.0. The lowest BCUT2D eigenvalue weighted by Gasteiger charge is -2.05. The molecule has 0 N–H and O–H groups in total. The molecule has 0 atom stereocenters. The fraction of sp³-hybridized carbons (Fsp3) is 0.333. The van der Waals surface area contributed by atoms with Crippen molar-refractivity contribution in [3.63, 3.8) is 0 Å². The van der Waals surface area contributed by atoms with Gasteiger partial charge in [0.2, 0.25) is 0 Å². The summed E-state index contributed by atoms with van der Waals surface area (Å²) >= 11 is 3.02. The van der Waals surface area contributed by atoms with Gasteiger partial charge in [0, 0.05) is 35.6 Å². The number of methoxy groups -OCH3 is 1. The highest BCUT2D eigenvalue weighted by Gasteiger charge is 2.13. The van der Waals surface area contributed by atoms with E-state index in [1.807, 2.05) is 16.7 Å². The zero-order valence-corrected chi connectivity index (χ0v) is 19.7. The number of thioether (sulfide) groups is 1. The first-order valence-corrected chi connectivity index (χ1v) is 13.0. The van der Waals surface area contributed by atoms with E-state index in [1.54, 1.807) is 49.2 Å². The molecule has 0 aliphatic heterocycles. The van der Waals surface area contributed by atoms with Crippen LogP contribution in [0.4, 0.5) is 0 Å². The summed E-state index contributed by atoms with van der Waals surface area (Å²) in [6, 6.07) is 12.4. The number of sulfone groups is 1. The van der Waals surface area contributed by atoms with Gasteiger partial charge in [0.25, 0.3) is 5.91 Å². The number of fused-ring (bicyclic) bond motifs is 1. The molecule has 0 aliphatic carbocycles. The number of hydrogen-bond acceptors (Lipinski definition) is 6. The fourth-order valence-electron chi connectivity index (χ4n) is 2.87. The van der Waals surface area contributed by atoms with E-state index in [0.717, 1.165) is 15.1 Å². The van der Waals surface area contributed by atoms with Crippen molar-refractivity contribution in [1.29, 1.82) is 0 Å². The largest absolute Gasteiger partial charge is 0.383 e. The van der Waals surface area contributed by atoms with Gasteiger partial charge in [-0.1, -0.05) is 25.2 Å². The zero-order valence-electron chi connectivity index (χ0n) is 17.3. The zero-order chi connectivity index (χ0) is 21.9. The Labute approximate surface area is 184 Å². The van der Waals surface area contributed by atoms with Crippen LogP contribution in [0.25, 0.3) is 10.2 Å². The molecule has 6 nitrogen and oxygen atoms in total. The van der Waals surface area contributed by atoms with Gasteiger partial charge in [0.15, 0.2) is 14.6 Å². The third kappa shape index (κ3) is 5.40. The van der Waals surface area contributed by atoms with Crippen molar-refractivity contribution in [2.24, 2.45) is 4.99 Å². The van der Waals surface area contributed by atoms with Gasteiger partial charge >= 0.3 is 0 Å². The Kier molecular flexibility index (Phi) is 7.18. The van der Waals surface area contributed by atoms with Crippen molar-refractivity contribution < 1.29 is 17.9 Å². The van der Waals surface area contributed by atoms with Crippen molar-refractivity contribution >= 4 is 49.1 Å². The Morgan fingerprint density at radius 2 is 1.90 bits per heavy atom. The molecule has 1 aromatic heterocycles. The van der Waals surface area contributed by atoms with Crippen LogP contribution in [0.15, 0.2) is 57.2 Å². The van der Waals surface area contributed by atoms with Crippen LogP contribution in [0.5, 0.6) is 0 Å². The van der Waals surface area contributed by atoms with E-state index in [-0.39, 0.29) is 10.8 Å². The molecule has 160 valence electrons. The fourth-order valence-corrected chi connectivity index (χ4v) is 5.52. The number of aromatic nitrogens is 1. The van der Waals surface area contributed by atoms with Crippen molar-refractivity contribution in [3.8, 4) is 0 Å². The predicted octanol–water partition coefficient (Wildman–Crippen LogP) is 3.99. The molecule has 30 heavy (non-hydrogen) atoms. The summed E-state index contributed by atoms with van der Waals surface area (Å²) in [7, 11) is -1.71. The van der Waals surface area contributed by atoms with Crippen molar-refractivity contribution in [1.82, 2.24) is 4.57 Å². The number of carbonyl (C=O) groups excluding carboxylic acids is 1. The highest BCUT2D eigenvalue weighted by Crippen LogP contribution is 2.24. The van der Waals surface area contributed by atoms with Gasteiger partial charge in [-0.05, 0) is 42.5 Å². The third-order valence-corrected chi connectivity index (χ3v) is 7.44. The highest BCUT2D eigenvalue weighted by molar-refractivity contribution is 7.99. The van der Waals surface area contributed by atoms with Crippen molar-refractivity contribution in [3.05, 3.63) is 52.8 Å². The van der Waals surface area contributed by atoms with Crippen LogP contribution in [0.1, 0.15) is 24.2 Å². The first-order chi connectivity index (χ1) is 14.2. The third-order valence-electron chi connectivity index (χ3n) is 4.27. The average molecular weight is 465 g/mol. The molecule has 1 heterocycles. The second-order valence-corrected chi connectivity index (χ2v) is 11.7. The SMILES string of the molecule is COCCn1c(=NC(=O)c2ccc(SC(C)C)cc2)sc2cc(S(C)(=O)=O)ccc21. The second-order valence-electron chi connectivity index (χ2n) is 7.04. The van der Waals surface area contributed by atoms with Crippen LogP contribution in [0.2, 0.25) is 0 Å². The molecular formula is C21H24N2O4S3. The average Bonchev–Trinajstić information content (AvgIpc) is 3.01. The van der Waals surface area contributed by atoms with E-state index in [4.69, 9.17) is 4.74 Å². The molecule has 0 fully saturated rings. The normalized spacial score (nSPS) is 12.8. The minimum absolute atomic E-state index is 0.242. The van der Waals surface area contributed by atoms with Gasteiger partial charge in [-0.2, -0.15) is 4.99 Å². The number of rotatable bonds is 7. The quantitative estimate of drug-likeness (QED) is 0.494. The van der Waals surface area contributed by atoms with Crippen LogP contribution in [0.3, 0.4) is 0 Å². The van der Waals surface area contributed by atoms with E-state index in [2.05, 4.69) is 18.8 Å². The lowest BCUT2D eigenvalue weighted by Crippen LogP contribution is -2.19. The topological polar surface area (TPSA) is 77.7 Å². The Balaban J connectivity index is 2.03. The lowest BCUT2D eigenvalue weighted by molar-refractivity contribution is 0.0997. The maximum atomic E-state index is 12.8. The van der Waals surface area contributed by atoms with E-state index in [0.29, 0.717) is 28.8 Å². The van der Waals surface area contributed by atoms with Crippen LogP contribution < -0.4 is 4.80 Å². The Morgan fingerprint density at radius 3 is 2.50 bits per heavy atom. The molecule has 0 radical (unpaired) electrons. The van der Waals surface area contributed by atoms with Crippen molar-refractivity contribution in [2.45, 2.75) is 35.4 Å². The first kappa shape index (κ1) is 22.7.